The Morgan fingerprint density at radius 1 is 1.02 bits per heavy atom. The Bertz CT molecular complexity index is 1340. The number of hydrogen-bond donors (Lipinski definition) is 2. The fourth-order valence-corrected chi connectivity index (χ4v) is 4.55. The smallest absolute Gasteiger partial charge is 0.430 e. The Labute approximate surface area is 230 Å². The Kier molecular flexibility index (Phi) is 7.91. The number of nitrogens with one attached hydrogen (secondary N) is 1. The third-order valence-electron chi connectivity index (χ3n) is 6.83. The first-order chi connectivity index (χ1) is 19.1. The summed E-state index contributed by atoms with van der Waals surface area (Å²) >= 11 is 0. The highest BCUT2D eigenvalue weighted by Crippen LogP contribution is 2.50. The van der Waals surface area contributed by atoms with E-state index in [0.29, 0.717) is 35.6 Å². The van der Waals surface area contributed by atoms with Crippen LogP contribution in [-0.2, 0) is 22.4 Å². The third-order valence-corrected chi connectivity index (χ3v) is 6.83. The summed E-state index contributed by atoms with van der Waals surface area (Å²) in [4.78, 5) is 26.7. The summed E-state index contributed by atoms with van der Waals surface area (Å²) < 4.78 is 95.9. The Balaban J connectivity index is 1.43. The highest BCUT2D eigenvalue weighted by molar-refractivity contribution is 6.07. The quantitative estimate of drug-likeness (QED) is 0.241. The molecular weight excluding hydrogens is 562 g/mol. The molecule has 2 aromatic carbocycles. The summed E-state index contributed by atoms with van der Waals surface area (Å²) in [6.07, 6.45) is -8.64. The average molecular weight is 589 g/mol. The van der Waals surface area contributed by atoms with E-state index in [-0.39, 0.29) is 37.7 Å². The van der Waals surface area contributed by atoms with Crippen molar-refractivity contribution in [3.05, 3.63) is 65.2 Å². The van der Waals surface area contributed by atoms with Gasteiger partial charge in [0.25, 0.3) is 11.5 Å². The molecule has 0 aromatic heterocycles. The number of halogens is 6. The molecule has 1 saturated heterocycles. The van der Waals surface area contributed by atoms with E-state index in [4.69, 9.17) is 14.2 Å². The maximum absolute atomic E-state index is 13.3. The number of carbonyl (C=O) groups is 2. The minimum atomic E-state index is -6.00. The molecule has 0 radical (unpaired) electrons. The van der Waals surface area contributed by atoms with Crippen molar-refractivity contribution < 1.29 is 55.2 Å². The number of aliphatic hydroxyl groups is 1. The Hall–Kier alpha value is -3.94. The molecular formula is C27H26F6N2O6. The van der Waals surface area contributed by atoms with Crippen molar-refractivity contribution in [3.63, 3.8) is 0 Å². The predicted molar refractivity (Wildman–Crippen MR) is 131 cm³/mol. The second kappa shape index (κ2) is 10.8. The maximum atomic E-state index is 13.3. The monoisotopic (exact) mass is 588 g/mol. The van der Waals surface area contributed by atoms with Crippen molar-refractivity contribution in [1.82, 2.24) is 10.2 Å². The summed E-state index contributed by atoms with van der Waals surface area (Å²) in [5, 5.41) is 12.4. The minimum absolute atomic E-state index is 0.0253. The van der Waals surface area contributed by atoms with E-state index in [9.17, 15) is 41.0 Å². The molecule has 1 atom stereocenters. The first-order valence-electron chi connectivity index (χ1n) is 12.4. The molecule has 0 bridgehead atoms. The SMILES string of the molecule is CCCc1cc(C(O)(C(F)(F)F)C(F)(F)F)ccc1OC/C=C\CN1C(=O)NC(C)(c2ccc3c(c2)OCO3)C1=O. The van der Waals surface area contributed by atoms with Crippen molar-refractivity contribution in [2.45, 2.75) is 50.2 Å². The molecule has 0 aliphatic carbocycles. The fraction of sp³-hybridized carbons (Fsp3) is 0.407. The van der Waals surface area contributed by atoms with Crippen LogP contribution in [0, 0.1) is 0 Å². The third kappa shape index (κ3) is 5.39. The van der Waals surface area contributed by atoms with Crippen LogP contribution in [-0.4, -0.2) is 54.2 Å². The lowest BCUT2D eigenvalue weighted by Crippen LogP contribution is -2.53. The number of aryl methyl sites for hydroxylation is 1. The molecule has 1 unspecified atom stereocenters. The molecule has 8 nitrogen and oxygen atoms in total. The van der Waals surface area contributed by atoms with E-state index in [1.165, 1.54) is 12.2 Å². The first kappa shape index (κ1) is 30.0. The van der Waals surface area contributed by atoms with Gasteiger partial charge in [-0.25, -0.2) is 4.79 Å². The van der Waals surface area contributed by atoms with Crippen LogP contribution in [0.5, 0.6) is 17.2 Å². The average Bonchev–Trinajstić information content (AvgIpc) is 3.45. The number of carbonyl (C=O) groups excluding carboxylic acids is 2. The molecule has 2 heterocycles. The molecule has 0 saturated carbocycles. The van der Waals surface area contributed by atoms with Gasteiger partial charge in [-0.3, -0.25) is 9.69 Å². The van der Waals surface area contributed by atoms with Crippen LogP contribution in [0.1, 0.15) is 37.0 Å². The topological polar surface area (TPSA) is 97.3 Å². The summed E-state index contributed by atoms with van der Waals surface area (Å²) in [5.41, 5.74) is -7.23. The lowest BCUT2D eigenvalue weighted by Gasteiger charge is -2.33. The van der Waals surface area contributed by atoms with Gasteiger partial charge in [0, 0.05) is 12.1 Å². The van der Waals surface area contributed by atoms with E-state index in [2.05, 4.69) is 5.32 Å². The van der Waals surface area contributed by atoms with Crippen molar-refractivity contribution in [3.8, 4) is 17.2 Å². The van der Waals surface area contributed by atoms with Crippen LogP contribution < -0.4 is 19.5 Å². The molecule has 14 heteroatoms. The van der Waals surface area contributed by atoms with Crippen LogP contribution >= 0.6 is 0 Å². The van der Waals surface area contributed by atoms with Gasteiger partial charge in [-0.1, -0.05) is 31.6 Å². The zero-order valence-electron chi connectivity index (χ0n) is 21.9. The molecule has 2 N–H and O–H groups in total. The fourth-order valence-electron chi connectivity index (χ4n) is 4.55. The molecule has 2 aliphatic rings. The van der Waals surface area contributed by atoms with Gasteiger partial charge in [0.2, 0.25) is 6.79 Å². The minimum Gasteiger partial charge on any atom is -0.489 e. The summed E-state index contributed by atoms with van der Waals surface area (Å²) in [7, 11) is 0. The number of rotatable bonds is 9. The maximum Gasteiger partial charge on any atom is 0.430 e. The Morgan fingerprint density at radius 2 is 1.71 bits per heavy atom. The predicted octanol–water partition coefficient (Wildman–Crippen LogP) is 5.08. The van der Waals surface area contributed by atoms with Gasteiger partial charge in [-0.15, -0.1) is 0 Å². The first-order valence-corrected chi connectivity index (χ1v) is 12.4. The highest BCUT2D eigenvalue weighted by Gasteiger charge is 2.71. The number of ether oxygens (including phenoxy) is 3. The zero-order chi connectivity index (χ0) is 30.2. The molecule has 4 rings (SSSR count). The zero-order valence-corrected chi connectivity index (χ0v) is 21.9. The Morgan fingerprint density at radius 3 is 2.37 bits per heavy atom. The number of benzene rings is 2. The van der Waals surface area contributed by atoms with Crippen LogP contribution in [0.3, 0.4) is 0 Å². The molecule has 0 spiro atoms. The second-order valence-corrected chi connectivity index (χ2v) is 9.60. The number of urea groups is 1. The molecule has 2 aliphatic heterocycles. The standard InChI is InChI=1S/C27H26F6N2O6/c1-3-6-16-13-18(25(38,26(28,29)30)27(31,32)33)8-9-19(16)39-12-5-4-11-35-22(36)24(2,34-23(35)37)17-7-10-20-21(14-17)41-15-40-20/h4-5,7-10,13-14,38H,3,6,11-12,15H2,1-2H3,(H,34,37)/b5-4-. The van der Waals surface area contributed by atoms with Crippen molar-refractivity contribution in [1.29, 1.82) is 0 Å². The van der Waals surface area contributed by atoms with Crippen molar-refractivity contribution in [2.24, 2.45) is 0 Å². The molecule has 2 aromatic rings. The van der Waals surface area contributed by atoms with Crippen molar-refractivity contribution in [2.75, 3.05) is 19.9 Å². The van der Waals surface area contributed by atoms with E-state index in [0.717, 1.165) is 11.0 Å². The molecule has 3 amide bonds. The number of hydrogen-bond acceptors (Lipinski definition) is 6. The normalized spacial score (nSPS) is 19.3. The van der Waals surface area contributed by atoms with E-state index in [1.54, 1.807) is 32.0 Å². The van der Waals surface area contributed by atoms with Crippen LogP contribution in [0.2, 0.25) is 0 Å². The lowest BCUT2D eigenvalue weighted by molar-refractivity contribution is -0.376. The van der Waals surface area contributed by atoms with Gasteiger partial charge >= 0.3 is 18.4 Å². The van der Waals surface area contributed by atoms with E-state index in [1.807, 2.05) is 0 Å². The van der Waals surface area contributed by atoms with E-state index < -0.39 is 41.0 Å². The van der Waals surface area contributed by atoms with E-state index >= 15 is 0 Å². The number of fused-ring (bicyclic) bond motifs is 1. The number of alkyl halides is 6. The van der Waals surface area contributed by atoms with Gasteiger partial charge in [-0.05, 0) is 54.8 Å². The van der Waals surface area contributed by atoms with Gasteiger partial charge in [-0.2, -0.15) is 26.3 Å². The van der Waals surface area contributed by atoms with Gasteiger partial charge < -0.3 is 24.6 Å². The summed E-state index contributed by atoms with van der Waals surface area (Å²) in [5.74, 6) is 0.465. The van der Waals surface area contributed by atoms with Gasteiger partial charge in [0.1, 0.15) is 17.9 Å². The van der Waals surface area contributed by atoms with Crippen LogP contribution in [0.4, 0.5) is 31.1 Å². The number of nitrogens with zero attached hydrogens (tertiary/aromatic N) is 1. The molecule has 222 valence electrons. The lowest BCUT2D eigenvalue weighted by atomic mass is 9.90. The summed E-state index contributed by atoms with van der Waals surface area (Å²) in [6.45, 7) is 2.98. The summed E-state index contributed by atoms with van der Waals surface area (Å²) in [6, 6.07) is 6.33. The van der Waals surface area contributed by atoms with Crippen molar-refractivity contribution >= 4 is 11.9 Å². The highest BCUT2D eigenvalue weighted by atomic mass is 19.4. The number of amides is 3. The number of imide groups is 1. The largest absolute Gasteiger partial charge is 0.489 e. The van der Waals surface area contributed by atoms with Gasteiger partial charge in [0.15, 0.2) is 11.5 Å². The van der Waals surface area contributed by atoms with Gasteiger partial charge in [0.05, 0.1) is 0 Å². The van der Waals surface area contributed by atoms with Crippen LogP contribution in [0.25, 0.3) is 0 Å². The van der Waals surface area contributed by atoms with Crippen LogP contribution in [0.15, 0.2) is 48.6 Å². The molecule has 1 fully saturated rings. The second-order valence-electron chi connectivity index (χ2n) is 9.60. The molecule has 41 heavy (non-hydrogen) atoms.